The second-order valence-electron chi connectivity index (χ2n) is 3.82. The first-order chi connectivity index (χ1) is 5.55. The van der Waals surface area contributed by atoms with Crippen LogP contribution in [-0.4, -0.2) is 16.5 Å². The van der Waals surface area contributed by atoms with Crippen molar-refractivity contribution in [2.45, 2.75) is 44.6 Å². The van der Waals surface area contributed by atoms with E-state index in [1.165, 1.54) is 13.3 Å². The SMILES string of the molecule is [CH2]C(O)(C(C)=O)C1CCCCC1. The van der Waals surface area contributed by atoms with Crippen LogP contribution in [0.4, 0.5) is 0 Å². The van der Waals surface area contributed by atoms with Crippen molar-refractivity contribution >= 4 is 5.78 Å². The van der Waals surface area contributed by atoms with Crippen LogP contribution >= 0.6 is 0 Å². The number of carbonyl (C=O) groups is 1. The highest BCUT2D eigenvalue weighted by molar-refractivity contribution is 5.85. The van der Waals surface area contributed by atoms with Crippen LogP contribution in [0.3, 0.4) is 0 Å². The maximum absolute atomic E-state index is 11.1. The predicted molar refractivity (Wildman–Crippen MR) is 47.6 cm³/mol. The maximum Gasteiger partial charge on any atom is 0.161 e. The van der Waals surface area contributed by atoms with Gasteiger partial charge in [-0.2, -0.15) is 0 Å². The molecule has 1 aliphatic carbocycles. The van der Waals surface area contributed by atoms with Crippen molar-refractivity contribution in [3.8, 4) is 0 Å². The Morgan fingerprint density at radius 3 is 2.33 bits per heavy atom. The van der Waals surface area contributed by atoms with E-state index in [9.17, 15) is 9.90 Å². The topological polar surface area (TPSA) is 37.3 Å². The minimum Gasteiger partial charge on any atom is -0.382 e. The lowest BCUT2D eigenvalue weighted by Crippen LogP contribution is -2.42. The number of carbonyl (C=O) groups excluding carboxylic acids is 1. The van der Waals surface area contributed by atoms with Crippen molar-refractivity contribution in [2.24, 2.45) is 5.92 Å². The van der Waals surface area contributed by atoms with Crippen molar-refractivity contribution in [3.05, 3.63) is 6.92 Å². The van der Waals surface area contributed by atoms with Gasteiger partial charge in [-0.05, 0) is 32.6 Å². The van der Waals surface area contributed by atoms with Gasteiger partial charge in [-0.3, -0.25) is 4.79 Å². The number of hydrogen-bond acceptors (Lipinski definition) is 2. The summed E-state index contributed by atoms with van der Waals surface area (Å²) < 4.78 is 0. The molecule has 0 aromatic heterocycles. The zero-order valence-electron chi connectivity index (χ0n) is 7.68. The van der Waals surface area contributed by atoms with Crippen LogP contribution in [0.1, 0.15) is 39.0 Å². The molecule has 12 heavy (non-hydrogen) atoms. The Balaban J connectivity index is 2.59. The molecule has 1 rings (SSSR count). The second-order valence-corrected chi connectivity index (χ2v) is 3.82. The third kappa shape index (κ3) is 1.86. The molecule has 0 aromatic rings. The van der Waals surface area contributed by atoms with E-state index >= 15 is 0 Å². The summed E-state index contributed by atoms with van der Waals surface area (Å²) in [5, 5.41) is 9.76. The van der Waals surface area contributed by atoms with E-state index in [0.29, 0.717) is 0 Å². The first-order valence-corrected chi connectivity index (χ1v) is 4.64. The van der Waals surface area contributed by atoms with Crippen LogP contribution in [0.2, 0.25) is 0 Å². The molecule has 1 aliphatic rings. The average molecular weight is 169 g/mol. The zero-order chi connectivity index (χ0) is 9.19. The Morgan fingerprint density at radius 1 is 1.42 bits per heavy atom. The lowest BCUT2D eigenvalue weighted by molar-refractivity contribution is -0.136. The van der Waals surface area contributed by atoms with Crippen molar-refractivity contribution in [2.75, 3.05) is 0 Å². The third-order valence-corrected chi connectivity index (χ3v) is 2.89. The first-order valence-electron chi connectivity index (χ1n) is 4.64. The Kier molecular flexibility index (Phi) is 2.89. The van der Waals surface area contributed by atoms with Gasteiger partial charge in [0, 0.05) is 0 Å². The highest BCUT2D eigenvalue weighted by Crippen LogP contribution is 2.32. The van der Waals surface area contributed by atoms with E-state index in [0.717, 1.165) is 25.7 Å². The molecule has 1 fully saturated rings. The van der Waals surface area contributed by atoms with E-state index in [4.69, 9.17) is 0 Å². The molecule has 1 N–H and O–H groups in total. The third-order valence-electron chi connectivity index (χ3n) is 2.89. The monoisotopic (exact) mass is 169 g/mol. The average Bonchev–Trinajstić information content (AvgIpc) is 2.06. The van der Waals surface area contributed by atoms with Gasteiger partial charge in [0.1, 0.15) is 5.60 Å². The molecule has 2 nitrogen and oxygen atoms in total. The predicted octanol–water partition coefficient (Wildman–Crippen LogP) is 1.72. The molecule has 1 saturated carbocycles. The highest BCUT2D eigenvalue weighted by Gasteiger charge is 2.36. The number of rotatable bonds is 2. The smallest absolute Gasteiger partial charge is 0.161 e. The lowest BCUT2D eigenvalue weighted by atomic mass is 9.76. The molecule has 1 atom stereocenters. The highest BCUT2D eigenvalue weighted by atomic mass is 16.3. The van der Waals surface area contributed by atoms with E-state index in [1.54, 1.807) is 0 Å². The fraction of sp³-hybridized carbons (Fsp3) is 0.800. The molecule has 0 spiro atoms. The Hall–Kier alpha value is -0.370. The number of ketones is 1. The maximum atomic E-state index is 11.1. The van der Waals surface area contributed by atoms with Gasteiger partial charge in [0.2, 0.25) is 0 Å². The molecule has 1 radical (unpaired) electrons. The number of aliphatic hydroxyl groups is 1. The molecular weight excluding hydrogens is 152 g/mol. The summed E-state index contributed by atoms with van der Waals surface area (Å²) in [5.41, 5.74) is -1.32. The van der Waals surface area contributed by atoms with E-state index in [-0.39, 0.29) is 11.7 Å². The molecule has 1 unspecified atom stereocenters. The first kappa shape index (κ1) is 9.72. The van der Waals surface area contributed by atoms with Gasteiger partial charge in [0.15, 0.2) is 5.78 Å². The normalized spacial score (nSPS) is 24.9. The van der Waals surface area contributed by atoms with Crippen molar-refractivity contribution in [3.63, 3.8) is 0 Å². The van der Waals surface area contributed by atoms with Gasteiger partial charge in [-0.15, -0.1) is 0 Å². The standard InChI is InChI=1S/C10H17O2/c1-8(11)10(2,12)9-6-4-3-5-7-9/h9,12H,2-7H2,1H3. The van der Waals surface area contributed by atoms with Crippen molar-refractivity contribution < 1.29 is 9.90 Å². The molecule has 0 amide bonds. The molecule has 2 heteroatoms. The van der Waals surface area contributed by atoms with Crippen LogP contribution in [-0.2, 0) is 4.79 Å². The summed E-state index contributed by atoms with van der Waals surface area (Å²) in [6.45, 7) is 5.02. The summed E-state index contributed by atoms with van der Waals surface area (Å²) in [4.78, 5) is 11.1. The van der Waals surface area contributed by atoms with Crippen LogP contribution < -0.4 is 0 Å². The zero-order valence-corrected chi connectivity index (χ0v) is 7.68. The van der Waals surface area contributed by atoms with Crippen LogP contribution in [0, 0.1) is 12.8 Å². The van der Waals surface area contributed by atoms with Crippen LogP contribution in [0.15, 0.2) is 0 Å². The van der Waals surface area contributed by atoms with Gasteiger partial charge in [-0.1, -0.05) is 19.3 Å². The summed E-state index contributed by atoms with van der Waals surface area (Å²) in [6.07, 6.45) is 5.36. The van der Waals surface area contributed by atoms with Crippen molar-refractivity contribution in [1.29, 1.82) is 0 Å². The minimum atomic E-state index is -1.32. The van der Waals surface area contributed by atoms with Gasteiger partial charge in [-0.25, -0.2) is 0 Å². The van der Waals surface area contributed by atoms with Gasteiger partial charge in [0.25, 0.3) is 0 Å². The largest absolute Gasteiger partial charge is 0.382 e. The van der Waals surface area contributed by atoms with Gasteiger partial charge >= 0.3 is 0 Å². The Bertz CT molecular complexity index is 167. The van der Waals surface area contributed by atoms with Gasteiger partial charge in [0.05, 0.1) is 0 Å². The molecule has 0 aromatic carbocycles. The summed E-state index contributed by atoms with van der Waals surface area (Å²) in [5.74, 6) is -0.113. The van der Waals surface area contributed by atoms with E-state index in [1.807, 2.05) is 0 Å². The fourth-order valence-electron chi connectivity index (χ4n) is 1.87. The molecule has 0 saturated heterocycles. The molecule has 0 aliphatic heterocycles. The molecule has 0 heterocycles. The summed E-state index contributed by atoms with van der Waals surface area (Å²) >= 11 is 0. The minimum absolute atomic E-state index is 0.0868. The van der Waals surface area contributed by atoms with Gasteiger partial charge < -0.3 is 5.11 Å². The van der Waals surface area contributed by atoms with E-state index < -0.39 is 5.60 Å². The fourth-order valence-corrected chi connectivity index (χ4v) is 1.87. The molecular formula is C10H17O2. The Labute approximate surface area is 74.0 Å². The molecule has 0 bridgehead atoms. The number of hydrogen-bond donors (Lipinski definition) is 1. The molecule has 69 valence electrons. The quantitative estimate of drug-likeness (QED) is 0.683. The summed E-state index contributed by atoms with van der Waals surface area (Å²) in [6, 6.07) is 0. The second kappa shape index (κ2) is 3.56. The van der Waals surface area contributed by atoms with Crippen LogP contribution in [0.25, 0.3) is 0 Å². The van der Waals surface area contributed by atoms with Crippen molar-refractivity contribution in [1.82, 2.24) is 0 Å². The Morgan fingerprint density at radius 2 is 1.92 bits per heavy atom. The number of Topliss-reactive ketones (excluding diaryl/α,β-unsaturated/α-hetero) is 1. The van der Waals surface area contributed by atoms with E-state index in [2.05, 4.69) is 6.92 Å². The lowest BCUT2D eigenvalue weighted by Gasteiger charge is -2.33. The van der Waals surface area contributed by atoms with Crippen LogP contribution in [0.5, 0.6) is 0 Å². The summed E-state index contributed by atoms with van der Waals surface area (Å²) in [7, 11) is 0.